The van der Waals surface area contributed by atoms with Gasteiger partial charge in [-0.25, -0.2) is 4.98 Å². The lowest BCUT2D eigenvalue weighted by atomic mass is 9.93. The number of piperidine rings is 1. The van der Waals surface area contributed by atoms with Gasteiger partial charge in [0.1, 0.15) is 11.9 Å². The largest absolute Gasteiger partial charge is 0.417 e. The lowest BCUT2D eigenvalue weighted by Gasteiger charge is -2.43. The maximum atomic E-state index is 13.1. The number of aromatic nitrogens is 1. The first-order valence-corrected chi connectivity index (χ1v) is 10.2. The predicted molar refractivity (Wildman–Crippen MR) is 106 cm³/mol. The first-order valence-electron chi connectivity index (χ1n) is 10.2. The number of piperazine rings is 1. The molecule has 2 saturated heterocycles. The third-order valence-corrected chi connectivity index (χ3v) is 6.00. The molecule has 1 aromatic heterocycles. The Kier molecular flexibility index (Phi) is 6.54. The van der Waals surface area contributed by atoms with E-state index >= 15 is 0 Å². The molecule has 1 aromatic rings. The molecule has 166 valence electrons. The molecule has 0 unspecified atom stereocenters. The number of nitrogens with two attached hydrogens (primary N) is 1. The van der Waals surface area contributed by atoms with Crippen LogP contribution >= 0.6 is 0 Å². The van der Waals surface area contributed by atoms with Crippen molar-refractivity contribution < 1.29 is 22.8 Å². The van der Waals surface area contributed by atoms with Crippen LogP contribution in [0.2, 0.25) is 0 Å². The van der Waals surface area contributed by atoms with E-state index in [0.717, 1.165) is 12.3 Å². The van der Waals surface area contributed by atoms with Gasteiger partial charge < -0.3 is 15.5 Å². The Bertz CT molecular complexity index is 761. The average molecular weight is 427 g/mol. The minimum Gasteiger partial charge on any atom is -0.368 e. The number of nitrogens with zero attached hydrogens (tertiary/aromatic N) is 4. The van der Waals surface area contributed by atoms with Crippen molar-refractivity contribution in [2.75, 3.05) is 37.6 Å². The summed E-state index contributed by atoms with van der Waals surface area (Å²) in [5, 5.41) is 0. The summed E-state index contributed by atoms with van der Waals surface area (Å²) in [5.41, 5.74) is 4.79. The van der Waals surface area contributed by atoms with Gasteiger partial charge in [-0.1, -0.05) is 0 Å². The van der Waals surface area contributed by atoms with Crippen molar-refractivity contribution in [2.45, 2.75) is 44.9 Å². The molecular weight excluding hydrogens is 399 g/mol. The number of rotatable bonds is 4. The van der Waals surface area contributed by atoms with Crippen molar-refractivity contribution >= 4 is 17.6 Å². The van der Waals surface area contributed by atoms with Crippen LogP contribution in [0.25, 0.3) is 0 Å². The smallest absolute Gasteiger partial charge is 0.368 e. The molecule has 2 aliphatic heterocycles. The van der Waals surface area contributed by atoms with E-state index in [1.165, 1.54) is 6.07 Å². The highest BCUT2D eigenvalue weighted by Crippen LogP contribution is 2.30. The monoisotopic (exact) mass is 427 g/mol. The Morgan fingerprint density at radius 3 is 2.30 bits per heavy atom. The number of halogens is 3. The van der Waals surface area contributed by atoms with Crippen LogP contribution in [0.1, 0.15) is 32.3 Å². The van der Waals surface area contributed by atoms with E-state index in [-0.39, 0.29) is 17.9 Å². The number of amides is 2. The van der Waals surface area contributed by atoms with Crippen molar-refractivity contribution in [3.63, 3.8) is 0 Å². The van der Waals surface area contributed by atoms with E-state index in [1.54, 1.807) is 4.90 Å². The second kappa shape index (κ2) is 8.79. The van der Waals surface area contributed by atoms with E-state index in [0.29, 0.717) is 51.4 Å². The van der Waals surface area contributed by atoms with Gasteiger partial charge in [0, 0.05) is 50.9 Å². The van der Waals surface area contributed by atoms with E-state index in [4.69, 9.17) is 5.73 Å². The van der Waals surface area contributed by atoms with Gasteiger partial charge >= 0.3 is 6.18 Å². The minimum atomic E-state index is -4.42. The Morgan fingerprint density at radius 1 is 1.13 bits per heavy atom. The molecule has 3 heterocycles. The molecular formula is C20H28F3N5O2. The Balaban J connectivity index is 1.60. The number of hydrogen-bond acceptors (Lipinski definition) is 5. The van der Waals surface area contributed by atoms with Crippen LogP contribution in [-0.2, 0) is 15.8 Å². The molecule has 3 rings (SSSR count). The van der Waals surface area contributed by atoms with Crippen LogP contribution in [0.3, 0.4) is 0 Å². The van der Waals surface area contributed by atoms with E-state index < -0.39 is 23.7 Å². The zero-order chi connectivity index (χ0) is 22.1. The van der Waals surface area contributed by atoms with Gasteiger partial charge in [0.15, 0.2) is 0 Å². The third-order valence-electron chi connectivity index (χ3n) is 6.00. The second-order valence-corrected chi connectivity index (χ2v) is 8.20. The molecule has 0 bridgehead atoms. The van der Waals surface area contributed by atoms with Gasteiger partial charge in [-0.15, -0.1) is 0 Å². The zero-order valence-electron chi connectivity index (χ0n) is 17.2. The second-order valence-electron chi connectivity index (χ2n) is 8.20. The van der Waals surface area contributed by atoms with Gasteiger partial charge in [-0.05, 0) is 38.8 Å². The number of alkyl halides is 3. The first-order chi connectivity index (χ1) is 14.1. The summed E-state index contributed by atoms with van der Waals surface area (Å²) in [6.45, 7) is 6.71. The molecule has 0 radical (unpaired) electrons. The van der Waals surface area contributed by atoms with Gasteiger partial charge in [0.25, 0.3) is 0 Å². The molecule has 0 aliphatic carbocycles. The number of carbonyl (C=O) groups is 2. The summed E-state index contributed by atoms with van der Waals surface area (Å²) in [6, 6.07) is 2.01. The summed E-state index contributed by atoms with van der Waals surface area (Å²) < 4.78 is 38.1. The summed E-state index contributed by atoms with van der Waals surface area (Å²) in [4.78, 5) is 34.6. The highest BCUT2D eigenvalue weighted by Gasteiger charge is 2.38. The fourth-order valence-corrected chi connectivity index (χ4v) is 4.11. The van der Waals surface area contributed by atoms with Gasteiger partial charge in [0.05, 0.1) is 5.56 Å². The summed E-state index contributed by atoms with van der Waals surface area (Å²) in [6.07, 6.45) is -2.48. The zero-order valence-corrected chi connectivity index (χ0v) is 17.2. The van der Waals surface area contributed by atoms with Crippen LogP contribution < -0.4 is 10.6 Å². The van der Waals surface area contributed by atoms with Crippen LogP contribution in [-0.4, -0.2) is 71.4 Å². The van der Waals surface area contributed by atoms with Crippen molar-refractivity contribution in [3.8, 4) is 0 Å². The lowest BCUT2D eigenvalue weighted by molar-refractivity contribution is -0.147. The van der Waals surface area contributed by atoms with Crippen LogP contribution in [0.15, 0.2) is 18.3 Å². The highest BCUT2D eigenvalue weighted by atomic mass is 19.4. The fourth-order valence-electron chi connectivity index (χ4n) is 4.11. The molecule has 7 nitrogen and oxygen atoms in total. The van der Waals surface area contributed by atoms with Crippen molar-refractivity contribution in [1.29, 1.82) is 0 Å². The number of primary amides is 1. The summed E-state index contributed by atoms with van der Waals surface area (Å²) in [5.74, 6) is -0.333. The number of carbonyl (C=O) groups excluding carboxylic acids is 2. The van der Waals surface area contributed by atoms with Crippen LogP contribution in [0.5, 0.6) is 0 Å². The van der Waals surface area contributed by atoms with Crippen molar-refractivity contribution in [1.82, 2.24) is 14.8 Å². The quantitative estimate of drug-likeness (QED) is 0.791. The molecule has 30 heavy (non-hydrogen) atoms. The summed E-state index contributed by atoms with van der Waals surface area (Å²) >= 11 is 0. The standard InChI is InChI=1S/C20H28F3N5O2/c1-13(2)27-9-10-28(16(12-27)18(24)29)19(30)14-5-7-26(8-6-14)17-4-3-15(11-25-17)20(21,22)23/h3-4,11,13-14,16H,5-10,12H2,1-2H3,(H2,24,29)/t16-/m0/s1. The lowest BCUT2D eigenvalue weighted by Crippen LogP contribution is -2.62. The maximum absolute atomic E-state index is 13.1. The Morgan fingerprint density at radius 2 is 1.80 bits per heavy atom. The Labute approximate surface area is 174 Å². The van der Waals surface area contributed by atoms with Crippen molar-refractivity contribution in [2.24, 2.45) is 11.7 Å². The molecule has 2 aliphatic rings. The average Bonchev–Trinajstić information content (AvgIpc) is 2.72. The Hall–Kier alpha value is -2.36. The molecule has 1 atom stereocenters. The number of anilines is 1. The first kappa shape index (κ1) is 22.3. The van der Waals surface area contributed by atoms with Gasteiger partial charge in [-0.3, -0.25) is 14.5 Å². The SMILES string of the molecule is CC(C)N1CCN(C(=O)C2CCN(c3ccc(C(F)(F)F)cn3)CC2)[C@H](C(N)=O)C1. The molecule has 0 saturated carbocycles. The molecule has 2 fully saturated rings. The van der Waals surface area contributed by atoms with Crippen molar-refractivity contribution in [3.05, 3.63) is 23.9 Å². The number of hydrogen-bond donors (Lipinski definition) is 1. The normalized spacial score (nSPS) is 21.9. The third kappa shape index (κ3) is 4.85. The number of pyridine rings is 1. The topological polar surface area (TPSA) is 82.8 Å². The summed E-state index contributed by atoms with van der Waals surface area (Å²) in [7, 11) is 0. The van der Waals surface area contributed by atoms with Crippen LogP contribution in [0.4, 0.5) is 19.0 Å². The van der Waals surface area contributed by atoms with Gasteiger partial charge in [-0.2, -0.15) is 13.2 Å². The molecule has 0 aromatic carbocycles. The van der Waals surface area contributed by atoms with Crippen LogP contribution in [0, 0.1) is 5.92 Å². The van der Waals surface area contributed by atoms with Gasteiger partial charge in [0.2, 0.25) is 11.8 Å². The predicted octanol–water partition coefficient (Wildman–Crippen LogP) is 1.72. The fraction of sp³-hybridized carbons (Fsp3) is 0.650. The molecule has 2 amide bonds. The molecule has 10 heteroatoms. The molecule has 0 spiro atoms. The maximum Gasteiger partial charge on any atom is 0.417 e. The van der Waals surface area contributed by atoms with E-state index in [2.05, 4.69) is 9.88 Å². The van der Waals surface area contributed by atoms with E-state index in [1.807, 2.05) is 18.7 Å². The van der Waals surface area contributed by atoms with E-state index in [9.17, 15) is 22.8 Å². The highest BCUT2D eigenvalue weighted by molar-refractivity contribution is 5.88. The minimum absolute atomic E-state index is 0.0674. The molecule has 2 N–H and O–H groups in total.